The van der Waals surface area contributed by atoms with Gasteiger partial charge in [-0.15, -0.1) is 0 Å². The number of aliphatic hydroxyl groups is 4. The molecule has 5 N–H and O–H groups in total. The third kappa shape index (κ3) is 12.9. The lowest BCUT2D eigenvalue weighted by Crippen LogP contribution is -2.64. The first-order valence-corrected chi connectivity index (χ1v) is 23.7. The molecule has 4 aliphatic rings. The second-order valence-corrected chi connectivity index (χ2v) is 19.5. The first kappa shape index (κ1) is 52.9. The maximum atomic E-state index is 14.5. The highest BCUT2D eigenvalue weighted by molar-refractivity contribution is 6.39. The van der Waals surface area contributed by atoms with Crippen LogP contribution in [0.25, 0.3) is 6.08 Å². The number of benzene rings is 1. The van der Waals surface area contributed by atoms with E-state index in [0.717, 1.165) is 16.0 Å². The van der Waals surface area contributed by atoms with Crippen LogP contribution in [-0.4, -0.2) is 136 Å². The van der Waals surface area contributed by atoms with E-state index < -0.39 is 89.8 Å². The molecule has 3 heterocycles. The van der Waals surface area contributed by atoms with Crippen LogP contribution in [0.15, 0.2) is 53.6 Å². The second-order valence-electron chi connectivity index (χ2n) is 19.5. The smallest absolute Gasteiger partial charge is 0.335 e. The third-order valence-electron chi connectivity index (χ3n) is 14.4. The molecular formula is C51H73NO14. The molecule has 1 aromatic rings. The minimum absolute atomic E-state index is 0.0477. The zero-order valence-electron chi connectivity index (χ0n) is 39.7. The molecule has 366 valence electrons. The number of carbonyl (C=O) groups is 5. The highest BCUT2D eigenvalue weighted by Gasteiger charge is 2.56. The van der Waals surface area contributed by atoms with Crippen LogP contribution in [0.2, 0.25) is 0 Å². The number of methoxy groups -OCH3 is 2. The van der Waals surface area contributed by atoms with E-state index in [2.05, 4.69) is 0 Å². The van der Waals surface area contributed by atoms with Gasteiger partial charge in [-0.1, -0.05) is 62.8 Å². The molecule has 1 saturated carbocycles. The molecule has 66 heavy (non-hydrogen) atoms. The number of cyclic esters (lactones) is 1. The van der Waals surface area contributed by atoms with Crippen molar-refractivity contribution in [3.05, 3.63) is 64.8 Å². The SMILES string of the molecule is COC1C[C@@H](C)[C@]2(O)O[C@@H]1[C@@H](OC)CC(C)C/C(C)=C/C(C/C=C/c1ccc(C(=O)O)cc1)C(=O)CC(O)C(C)C(/C(C)=C/C1CCC(O)C(CO)C1)OC(=O)C1CCCCN1C(=O)C2=O. The largest absolute Gasteiger partial charge is 0.478 e. The van der Waals surface area contributed by atoms with Gasteiger partial charge in [0, 0.05) is 57.5 Å². The average molecular weight is 924 g/mol. The van der Waals surface area contributed by atoms with E-state index in [4.69, 9.17) is 18.9 Å². The fraction of sp³-hybridized carbons (Fsp3) is 0.667. The molecule has 0 aromatic heterocycles. The Labute approximate surface area is 389 Å². The molecule has 0 radical (unpaired) electrons. The normalized spacial score (nSPS) is 37.1. The fourth-order valence-corrected chi connectivity index (χ4v) is 10.4. The van der Waals surface area contributed by atoms with Crippen LogP contribution in [0.3, 0.4) is 0 Å². The lowest BCUT2D eigenvalue weighted by atomic mass is 9.78. The Morgan fingerprint density at radius 3 is 2.26 bits per heavy atom. The molecule has 15 nitrogen and oxygen atoms in total. The second kappa shape index (κ2) is 23.8. The number of esters is 1. The first-order chi connectivity index (χ1) is 31.3. The van der Waals surface area contributed by atoms with Gasteiger partial charge in [-0.2, -0.15) is 0 Å². The minimum atomic E-state index is -2.56. The minimum Gasteiger partial charge on any atom is -0.478 e. The van der Waals surface area contributed by atoms with Gasteiger partial charge < -0.3 is 49.4 Å². The number of Topliss-reactive ketones (excluding diaryl/α,β-unsaturated/α-hetero) is 2. The summed E-state index contributed by atoms with van der Waals surface area (Å²) >= 11 is 0. The molecule has 14 atom stereocenters. The van der Waals surface area contributed by atoms with Crippen LogP contribution in [-0.2, 0) is 38.1 Å². The Hall–Kier alpha value is -4.09. The van der Waals surface area contributed by atoms with Crippen LogP contribution in [0.4, 0.5) is 0 Å². The third-order valence-corrected chi connectivity index (χ3v) is 14.4. The van der Waals surface area contributed by atoms with Gasteiger partial charge in [0.2, 0.25) is 5.79 Å². The molecule has 3 fully saturated rings. The molecule has 10 unspecified atom stereocenters. The summed E-state index contributed by atoms with van der Waals surface area (Å²) in [5, 5.41) is 53.9. The molecule has 3 aliphatic heterocycles. The van der Waals surface area contributed by atoms with Gasteiger partial charge in [0.1, 0.15) is 24.0 Å². The first-order valence-electron chi connectivity index (χ1n) is 23.7. The van der Waals surface area contributed by atoms with E-state index >= 15 is 0 Å². The van der Waals surface area contributed by atoms with E-state index in [9.17, 15) is 49.5 Å². The Morgan fingerprint density at radius 2 is 1.61 bits per heavy atom. The molecule has 0 spiro atoms. The number of nitrogens with zero attached hydrogens (tertiary/aromatic N) is 1. The number of carbonyl (C=O) groups excluding carboxylic acids is 4. The van der Waals surface area contributed by atoms with E-state index in [0.29, 0.717) is 50.5 Å². The Morgan fingerprint density at radius 1 is 0.924 bits per heavy atom. The molecule has 1 aromatic carbocycles. The number of fused-ring (bicyclic) bond motifs is 3. The van der Waals surface area contributed by atoms with E-state index in [1.807, 2.05) is 38.2 Å². The monoisotopic (exact) mass is 924 g/mol. The number of ketones is 2. The predicted molar refractivity (Wildman–Crippen MR) is 245 cm³/mol. The number of hydrogen-bond acceptors (Lipinski definition) is 13. The number of hydrogen-bond donors (Lipinski definition) is 5. The summed E-state index contributed by atoms with van der Waals surface area (Å²) in [6.45, 7) is 8.87. The van der Waals surface area contributed by atoms with Crippen LogP contribution >= 0.6 is 0 Å². The number of ether oxygens (including phenoxy) is 4. The van der Waals surface area contributed by atoms with Crippen molar-refractivity contribution in [2.24, 2.45) is 35.5 Å². The summed E-state index contributed by atoms with van der Waals surface area (Å²) in [5.41, 5.74) is 2.38. The lowest BCUT2D eigenvalue weighted by molar-refractivity contribution is -0.302. The average Bonchev–Trinajstić information content (AvgIpc) is 3.29. The van der Waals surface area contributed by atoms with Gasteiger partial charge in [0.15, 0.2) is 0 Å². The molecule has 1 amide bonds. The number of rotatable bonds is 9. The number of carboxylic acid groups (broad SMARTS) is 1. The summed E-state index contributed by atoms with van der Waals surface area (Å²) in [4.78, 5) is 70.1. The molecule has 2 bridgehead atoms. The summed E-state index contributed by atoms with van der Waals surface area (Å²) in [7, 11) is 3.01. The van der Waals surface area contributed by atoms with E-state index in [-0.39, 0.29) is 67.9 Å². The topological polar surface area (TPSA) is 227 Å². The van der Waals surface area contributed by atoms with Crippen LogP contribution in [0, 0.1) is 35.5 Å². The number of piperidine rings is 1. The van der Waals surface area contributed by atoms with Crippen molar-refractivity contribution in [2.45, 2.75) is 154 Å². The van der Waals surface area contributed by atoms with E-state index in [1.54, 1.807) is 32.9 Å². The quantitative estimate of drug-likeness (QED) is 0.118. The Balaban J connectivity index is 1.55. The van der Waals surface area contributed by atoms with Crippen molar-refractivity contribution in [3.63, 3.8) is 0 Å². The van der Waals surface area contributed by atoms with Gasteiger partial charge in [0.25, 0.3) is 11.7 Å². The van der Waals surface area contributed by atoms with Crippen molar-refractivity contribution in [1.82, 2.24) is 4.90 Å². The molecular weight excluding hydrogens is 851 g/mol. The number of aromatic carboxylic acids is 1. The maximum absolute atomic E-state index is 14.5. The summed E-state index contributed by atoms with van der Waals surface area (Å²) in [6.07, 6.45) is 6.12. The number of aliphatic hydroxyl groups excluding tert-OH is 3. The summed E-state index contributed by atoms with van der Waals surface area (Å²) in [6, 6.07) is 5.17. The molecule has 2 saturated heterocycles. The predicted octanol–water partition coefficient (Wildman–Crippen LogP) is 5.46. The van der Waals surface area contributed by atoms with Crippen molar-refractivity contribution in [1.29, 1.82) is 0 Å². The Kier molecular flexibility index (Phi) is 19.0. The van der Waals surface area contributed by atoms with Crippen LogP contribution in [0.5, 0.6) is 0 Å². The molecule has 1 aliphatic carbocycles. The zero-order valence-corrected chi connectivity index (χ0v) is 39.7. The van der Waals surface area contributed by atoms with Gasteiger partial charge in [-0.3, -0.25) is 14.4 Å². The highest BCUT2D eigenvalue weighted by Crippen LogP contribution is 2.39. The van der Waals surface area contributed by atoms with Gasteiger partial charge >= 0.3 is 11.9 Å². The highest BCUT2D eigenvalue weighted by atomic mass is 16.7. The molecule has 15 heteroatoms. The molecule has 5 rings (SSSR count). The maximum Gasteiger partial charge on any atom is 0.335 e. The van der Waals surface area contributed by atoms with Crippen LogP contribution < -0.4 is 0 Å². The number of amides is 1. The van der Waals surface area contributed by atoms with Gasteiger partial charge in [-0.05, 0) is 113 Å². The van der Waals surface area contributed by atoms with Crippen molar-refractivity contribution in [2.75, 3.05) is 27.4 Å². The summed E-state index contributed by atoms with van der Waals surface area (Å²) < 4.78 is 24.4. The van der Waals surface area contributed by atoms with Crippen molar-refractivity contribution >= 4 is 35.5 Å². The van der Waals surface area contributed by atoms with Crippen molar-refractivity contribution in [3.8, 4) is 0 Å². The van der Waals surface area contributed by atoms with Crippen LogP contribution in [0.1, 0.15) is 121 Å². The summed E-state index contributed by atoms with van der Waals surface area (Å²) in [5.74, 6) is -9.79. The fourth-order valence-electron chi connectivity index (χ4n) is 10.4. The number of allylic oxidation sites excluding steroid dienone is 4. The zero-order chi connectivity index (χ0) is 48.5. The lowest BCUT2D eigenvalue weighted by Gasteiger charge is -2.47. The van der Waals surface area contributed by atoms with Gasteiger partial charge in [0.05, 0.1) is 30.0 Å². The standard InChI is InChI=1S/C51H73NO14/c1-29-21-30(2)23-43(63-6)46-44(64-7)25-32(4)51(62,66-46)47(57)48(58)52-20-9-8-13-39(52)50(61)65-45(31(3)24-35-16-19-40(54)38(26-35)28-53)33(5)41(55)27-42(56)37(22-29)12-10-11-34-14-17-36(18-15-34)49(59)60/h10-11,14-15,17-18,22,24,30,32-33,35,37-41,43-46,53-55,62H,8-9,12-13,16,19-21,23,25-28H2,1-7H3,(H,59,60)/b11-10+,29-22+,31-24+/t30?,32-,33?,35?,37?,38?,39?,40?,41?,43+,44?,45?,46-,51+/m1/s1. The van der Waals surface area contributed by atoms with Gasteiger partial charge in [-0.25, -0.2) is 9.59 Å². The van der Waals surface area contributed by atoms with Crippen molar-refractivity contribution < 1.29 is 68.5 Å². The number of carboxylic acids is 1. The Bertz CT molecular complexity index is 1940. The van der Waals surface area contributed by atoms with E-state index in [1.165, 1.54) is 26.4 Å².